The molecule has 0 bridgehead atoms. The number of rotatable bonds is 4. The van der Waals surface area contributed by atoms with Crippen molar-refractivity contribution >= 4 is 11.7 Å². The molecule has 0 aromatic heterocycles. The SMILES string of the molecule is C=CCC=C(OC(=O)C(C)(C)C)c1ccccc1. The van der Waals surface area contributed by atoms with Crippen LogP contribution in [0.1, 0.15) is 32.8 Å². The van der Waals surface area contributed by atoms with Gasteiger partial charge in [0.1, 0.15) is 5.76 Å². The Labute approximate surface area is 109 Å². The Hall–Kier alpha value is -1.83. The molecule has 0 N–H and O–H groups in total. The quantitative estimate of drug-likeness (QED) is 0.451. The second kappa shape index (κ2) is 6.20. The lowest BCUT2D eigenvalue weighted by atomic mass is 9.97. The topological polar surface area (TPSA) is 26.3 Å². The fourth-order valence-corrected chi connectivity index (χ4v) is 1.26. The standard InChI is InChI=1S/C16H20O2/c1-5-6-12-14(13-10-8-7-9-11-13)18-15(17)16(2,3)4/h5,7-12H,1,6H2,2-4H3. The molecule has 0 fully saturated rings. The highest BCUT2D eigenvalue weighted by Gasteiger charge is 2.24. The first kappa shape index (κ1) is 14.2. The lowest BCUT2D eigenvalue weighted by Crippen LogP contribution is -2.22. The number of carbonyl (C=O) groups is 1. The number of hydrogen-bond donors (Lipinski definition) is 0. The van der Waals surface area contributed by atoms with Crippen molar-refractivity contribution in [2.24, 2.45) is 5.41 Å². The maximum Gasteiger partial charge on any atom is 0.316 e. The average molecular weight is 244 g/mol. The summed E-state index contributed by atoms with van der Waals surface area (Å²) >= 11 is 0. The van der Waals surface area contributed by atoms with Crippen LogP contribution in [0.3, 0.4) is 0 Å². The first-order valence-electron chi connectivity index (χ1n) is 6.04. The molecular weight excluding hydrogens is 224 g/mol. The molecule has 96 valence electrons. The fraction of sp³-hybridized carbons (Fsp3) is 0.312. The number of ether oxygens (including phenoxy) is 1. The maximum absolute atomic E-state index is 11.9. The van der Waals surface area contributed by atoms with Crippen LogP contribution in [0.2, 0.25) is 0 Å². The third kappa shape index (κ3) is 4.21. The molecule has 0 amide bonds. The molecule has 0 aliphatic carbocycles. The van der Waals surface area contributed by atoms with Gasteiger partial charge in [0.15, 0.2) is 0 Å². The van der Waals surface area contributed by atoms with E-state index in [2.05, 4.69) is 6.58 Å². The van der Waals surface area contributed by atoms with Gasteiger partial charge in [-0.3, -0.25) is 4.79 Å². The van der Waals surface area contributed by atoms with Crippen LogP contribution in [0.25, 0.3) is 5.76 Å². The highest BCUT2D eigenvalue weighted by atomic mass is 16.5. The second-order valence-electron chi connectivity index (χ2n) is 5.10. The Morgan fingerprint density at radius 1 is 1.28 bits per heavy atom. The summed E-state index contributed by atoms with van der Waals surface area (Å²) in [5.74, 6) is 0.358. The molecule has 0 radical (unpaired) electrons. The fourth-order valence-electron chi connectivity index (χ4n) is 1.26. The zero-order chi connectivity index (χ0) is 13.6. The first-order chi connectivity index (χ1) is 8.45. The predicted molar refractivity (Wildman–Crippen MR) is 74.8 cm³/mol. The van der Waals surface area contributed by atoms with E-state index in [1.54, 1.807) is 6.08 Å². The normalized spacial score (nSPS) is 12.1. The van der Waals surface area contributed by atoms with E-state index in [4.69, 9.17) is 4.74 Å². The predicted octanol–water partition coefficient (Wildman–Crippen LogP) is 4.19. The van der Waals surface area contributed by atoms with Crippen molar-refractivity contribution < 1.29 is 9.53 Å². The van der Waals surface area contributed by atoms with Crippen LogP contribution in [0.5, 0.6) is 0 Å². The summed E-state index contributed by atoms with van der Waals surface area (Å²) in [5.41, 5.74) is 0.388. The zero-order valence-electron chi connectivity index (χ0n) is 11.3. The molecule has 0 unspecified atom stereocenters. The van der Waals surface area contributed by atoms with Gasteiger partial charge in [-0.2, -0.15) is 0 Å². The van der Waals surface area contributed by atoms with Crippen LogP contribution in [-0.4, -0.2) is 5.97 Å². The molecule has 0 aliphatic rings. The number of benzene rings is 1. The minimum absolute atomic E-state index is 0.235. The third-order valence-corrected chi connectivity index (χ3v) is 2.34. The molecule has 0 saturated heterocycles. The van der Waals surface area contributed by atoms with Crippen LogP contribution in [0.4, 0.5) is 0 Å². The number of carbonyl (C=O) groups excluding carboxylic acids is 1. The first-order valence-corrected chi connectivity index (χ1v) is 6.04. The third-order valence-electron chi connectivity index (χ3n) is 2.34. The van der Waals surface area contributed by atoms with Gasteiger partial charge in [0.05, 0.1) is 5.41 Å². The van der Waals surface area contributed by atoms with Crippen molar-refractivity contribution in [2.45, 2.75) is 27.2 Å². The lowest BCUT2D eigenvalue weighted by Gasteiger charge is -2.18. The molecule has 0 aliphatic heterocycles. The van der Waals surface area contributed by atoms with Gasteiger partial charge in [-0.15, -0.1) is 6.58 Å². The van der Waals surface area contributed by atoms with Crippen LogP contribution in [0.15, 0.2) is 49.1 Å². The molecule has 2 nitrogen and oxygen atoms in total. The van der Waals surface area contributed by atoms with Crippen molar-refractivity contribution in [1.29, 1.82) is 0 Å². The van der Waals surface area contributed by atoms with Crippen molar-refractivity contribution in [2.75, 3.05) is 0 Å². The van der Waals surface area contributed by atoms with Gasteiger partial charge in [-0.25, -0.2) is 0 Å². The van der Waals surface area contributed by atoms with Crippen LogP contribution < -0.4 is 0 Å². The van der Waals surface area contributed by atoms with E-state index in [0.29, 0.717) is 12.2 Å². The van der Waals surface area contributed by atoms with Crippen LogP contribution in [-0.2, 0) is 9.53 Å². The van der Waals surface area contributed by atoms with E-state index in [1.807, 2.05) is 57.2 Å². The van der Waals surface area contributed by atoms with Gasteiger partial charge in [0.2, 0.25) is 0 Å². The van der Waals surface area contributed by atoms with Crippen LogP contribution >= 0.6 is 0 Å². The van der Waals surface area contributed by atoms with E-state index in [9.17, 15) is 4.79 Å². The molecule has 1 aromatic carbocycles. The number of allylic oxidation sites excluding steroid dienone is 2. The number of esters is 1. The lowest BCUT2D eigenvalue weighted by molar-refractivity contribution is -0.145. The summed E-state index contributed by atoms with van der Waals surface area (Å²) < 4.78 is 5.48. The Morgan fingerprint density at radius 2 is 1.89 bits per heavy atom. The molecule has 0 atom stereocenters. The minimum Gasteiger partial charge on any atom is -0.426 e. The van der Waals surface area contributed by atoms with E-state index < -0.39 is 5.41 Å². The molecule has 0 saturated carbocycles. The smallest absolute Gasteiger partial charge is 0.316 e. The van der Waals surface area contributed by atoms with Gasteiger partial charge in [0.25, 0.3) is 0 Å². The summed E-state index contributed by atoms with van der Waals surface area (Å²) in [6.45, 7) is 9.19. The molecular formula is C16H20O2. The second-order valence-corrected chi connectivity index (χ2v) is 5.10. The summed E-state index contributed by atoms with van der Waals surface area (Å²) in [4.78, 5) is 11.9. The summed E-state index contributed by atoms with van der Waals surface area (Å²) in [6.07, 6.45) is 4.31. The molecule has 0 spiro atoms. The largest absolute Gasteiger partial charge is 0.426 e. The summed E-state index contributed by atoms with van der Waals surface area (Å²) in [5, 5.41) is 0. The number of hydrogen-bond acceptors (Lipinski definition) is 2. The van der Waals surface area contributed by atoms with E-state index in [0.717, 1.165) is 5.56 Å². The highest BCUT2D eigenvalue weighted by molar-refractivity contribution is 5.82. The highest BCUT2D eigenvalue weighted by Crippen LogP contribution is 2.23. The van der Waals surface area contributed by atoms with E-state index in [-0.39, 0.29) is 5.97 Å². The van der Waals surface area contributed by atoms with Gasteiger partial charge < -0.3 is 4.74 Å². The average Bonchev–Trinajstić information content (AvgIpc) is 2.34. The Kier molecular flexibility index (Phi) is 4.90. The Balaban J connectivity index is 2.94. The van der Waals surface area contributed by atoms with E-state index >= 15 is 0 Å². The van der Waals surface area contributed by atoms with Crippen molar-refractivity contribution in [3.8, 4) is 0 Å². The molecule has 1 aromatic rings. The Morgan fingerprint density at radius 3 is 2.39 bits per heavy atom. The summed E-state index contributed by atoms with van der Waals surface area (Å²) in [6, 6.07) is 9.61. The molecule has 2 heteroatoms. The monoisotopic (exact) mass is 244 g/mol. The maximum atomic E-state index is 11.9. The minimum atomic E-state index is -0.512. The molecule has 18 heavy (non-hydrogen) atoms. The van der Waals surface area contributed by atoms with E-state index in [1.165, 1.54) is 0 Å². The van der Waals surface area contributed by atoms with Gasteiger partial charge in [-0.05, 0) is 33.3 Å². The van der Waals surface area contributed by atoms with Crippen molar-refractivity contribution in [1.82, 2.24) is 0 Å². The van der Waals surface area contributed by atoms with Crippen molar-refractivity contribution in [3.05, 3.63) is 54.6 Å². The van der Waals surface area contributed by atoms with Gasteiger partial charge >= 0.3 is 5.97 Å². The van der Waals surface area contributed by atoms with Crippen LogP contribution in [0, 0.1) is 5.41 Å². The van der Waals surface area contributed by atoms with Gasteiger partial charge in [-0.1, -0.05) is 36.4 Å². The summed E-state index contributed by atoms with van der Waals surface area (Å²) in [7, 11) is 0. The molecule has 1 rings (SSSR count). The zero-order valence-corrected chi connectivity index (χ0v) is 11.3. The van der Waals surface area contributed by atoms with Crippen molar-refractivity contribution in [3.63, 3.8) is 0 Å². The molecule has 0 heterocycles. The van der Waals surface area contributed by atoms with Gasteiger partial charge in [0, 0.05) is 5.56 Å². The Bertz CT molecular complexity index is 436.